The smallest absolute Gasteiger partial charge is 0.462 e. The highest BCUT2D eigenvalue weighted by molar-refractivity contribution is 7.47. The molecule has 0 heterocycles. The average Bonchev–Trinajstić information content (AvgIpc) is 2.79. The zero-order valence-corrected chi connectivity index (χ0v) is 24.1. The average molecular weight is 537 g/mol. The maximum atomic E-state index is 12.3. The lowest BCUT2D eigenvalue weighted by Gasteiger charge is -2.24. The molecule has 0 aromatic rings. The van der Waals surface area contributed by atoms with Gasteiger partial charge in [-0.2, -0.15) is 0 Å². The first-order valence-corrected chi connectivity index (χ1v) is 14.9. The SMILES string of the molecule is CCC/C=C\CCCCCCCC(=O)OC(COC(=O)CCCC)COP(=O)(O)OCC[N+](C)(C)C. The van der Waals surface area contributed by atoms with Crippen LogP contribution >= 0.6 is 7.82 Å². The van der Waals surface area contributed by atoms with E-state index in [1.165, 1.54) is 6.42 Å². The Bertz CT molecular complexity index is 663. The molecule has 0 aromatic carbocycles. The summed E-state index contributed by atoms with van der Waals surface area (Å²) in [6.45, 7) is 4.03. The Morgan fingerprint density at radius 1 is 0.833 bits per heavy atom. The molecular formula is C26H51NO8P+. The van der Waals surface area contributed by atoms with E-state index in [0.717, 1.165) is 44.9 Å². The zero-order valence-electron chi connectivity index (χ0n) is 23.2. The normalized spacial score (nSPS) is 14.5. The van der Waals surface area contributed by atoms with Crippen LogP contribution in [-0.4, -0.2) is 74.9 Å². The third kappa shape index (κ3) is 23.2. The van der Waals surface area contributed by atoms with Gasteiger partial charge in [-0.25, -0.2) is 4.57 Å². The van der Waals surface area contributed by atoms with Crippen LogP contribution in [0.3, 0.4) is 0 Å². The Hall–Kier alpha value is -1.25. The minimum Gasteiger partial charge on any atom is -0.462 e. The molecule has 10 heteroatoms. The Labute approximate surface area is 218 Å². The number of carbonyl (C=O) groups is 2. The molecule has 0 rings (SSSR count). The van der Waals surface area contributed by atoms with Crippen LogP contribution in [0.25, 0.3) is 0 Å². The molecule has 36 heavy (non-hydrogen) atoms. The summed E-state index contributed by atoms with van der Waals surface area (Å²) < 4.78 is 33.4. The van der Waals surface area contributed by atoms with Crippen molar-refractivity contribution in [2.45, 2.75) is 97.0 Å². The first kappa shape index (κ1) is 34.8. The molecule has 0 aliphatic carbocycles. The second kappa shape index (κ2) is 20.8. The summed E-state index contributed by atoms with van der Waals surface area (Å²) in [4.78, 5) is 34.1. The molecule has 0 radical (unpaired) electrons. The predicted molar refractivity (Wildman–Crippen MR) is 141 cm³/mol. The summed E-state index contributed by atoms with van der Waals surface area (Å²) in [6, 6.07) is 0. The van der Waals surface area contributed by atoms with Crippen molar-refractivity contribution in [2.24, 2.45) is 0 Å². The van der Waals surface area contributed by atoms with E-state index in [0.29, 0.717) is 23.9 Å². The van der Waals surface area contributed by atoms with Gasteiger partial charge in [0.25, 0.3) is 0 Å². The lowest BCUT2D eigenvalue weighted by atomic mass is 10.1. The monoisotopic (exact) mass is 536 g/mol. The van der Waals surface area contributed by atoms with Gasteiger partial charge in [0, 0.05) is 12.8 Å². The largest absolute Gasteiger partial charge is 0.472 e. The van der Waals surface area contributed by atoms with E-state index in [-0.39, 0.29) is 26.1 Å². The highest BCUT2D eigenvalue weighted by Crippen LogP contribution is 2.43. The molecular weight excluding hydrogens is 485 g/mol. The number of quaternary nitrogens is 1. The number of likely N-dealkylation sites (N-methyl/N-ethyl adjacent to an activating group) is 1. The highest BCUT2D eigenvalue weighted by atomic mass is 31.2. The first-order valence-electron chi connectivity index (χ1n) is 13.4. The topological polar surface area (TPSA) is 108 Å². The lowest BCUT2D eigenvalue weighted by Crippen LogP contribution is -2.37. The van der Waals surface area contributed by atoms with E-state index >= 15 is 0 Å². The number of unbranched alkanes of at least 4 members (excludes halogenated alkanes) is 7. The highest BCUT2D eigenvalue weighted by Gasteiger charge is 2.26. The third-order valence-electron chi connectivity index (χ3n) is 5.28. The summed E-state index contributed by atoms with van der Waals surface area (Å²) in [7, 11) is 1.46. The van der Waals surface area contributed by atoms with Crippen LogP contribution in [0.1, 0.15) is 90.9 Å². The minimum absolute atomic E-state index is 0.0305. The molecule has 9 nitrogen and oxygen atoms in total. The van der Waals surface area contributed by atoms with Crippen molar-refractivity contribution >= 4 is 19.8 Å². The van der Waals surface area contributed by atoms with Gasteiger partial charge < -0.3 is 18.9 Å². The number of hydrogen-bond donors (Lipinski definition) is 1. The second-order valence-electron chi connectivity index (χ2n) is 10.1. The fourth-order valence-electron chi connectivity index (χ4n) is 3.05. The van der Waals surface area contributed by atoms with Gasteiger partial charge in [-0.3, -0.25) is 18.6 Å². The van der Waals surface area contributed by atoms with Crippen molar-refractivity contribution in [3.8, 4) is 0 Å². The molecule has 0 aromatic heterocycles. The molecule has 0 aliphatic heterocycles. The van der Waals surface area contributed by atoms with Crippen molar-refractivity contribution in [2.75, 3.05) is 47.5 Å². The van der Waals surface area contributed by atoms with Crippen LogP contribution < -0.4 is 0 Å². The van der Waals surface area contributed by atoms with Gasteiger partial charge in [-0.1, -0.05) is 58.1 Å². The fourth-order valence-corrected chi connectivity index (χ4v) is 3.79. The molecule has 1 N–H and O–H groups in total. The number of phosphoric acid groups is 1. The summed E-state index contributed by atoms with van der Waals surface area (Å²) in [5.74, 6) is -0.858. The Kier molecular flexibility index (Phi) is 20.0. The maximum absolute atomic E-state index is 12.3. The molecule has 0 aliphatic rings. The van der Waals surface area contributed by atoms with Gasteiger partial charge in [0.1, 0.15) is 19.8 Å². The lowest BCUT2D eigenvalue weighted by molar-refractivity contribution is -0.870. The predicted octanol–water partition coefficient (Wildman–Crippen LogP) is 5.56. The number of esters is 2. The van der Waals surface area contributed by atoms with E-state index < -0.39 is 32.5 Å². The van der Waals surface area contributed by atoms with Crippen molar-refractivity contribution in [1.82, 2.24) is 0 Å². The number of nitrogens with zero attached hydrogens (tertiary/aromatic N) is 1. The molecule has 2 unspecified atom stereocenters. The van der Waals surface area contributed by atoms with Crippen molar-refractivity contribution < 1.29 is 42.1 Å². The Morgan fingerprint density at radius 3 is 2.14 bits per heavy atom. The van der Waals surface area contributed by atoms with Gasteiger partial charge in [0.15, 0.2) is 6.10 Å². The molecule has 0 fully saturated rings. The van der Waals surface area contributed by atoms with Crippen molar-refractivity contribution in [3.63, 3.8) is 0 Å². The summed E-state index contributed by atoms with van der Waals surface area (Å²) in [6.07, 6.45) is 13.8. The van der Waals surface area contributed by atoms with E-state index in [9.17, 15) is 19.0 Å². The summed E-state index contributed by atoms with van der Waals surface area (Å²) in [5.41, 5.74) is 0. The molecule has 2 atom stereocenters. The van der Waals surface area contributed by atoms with Gasteiger partial charge in [-0.05, 0) is 32.1 Å². The standard InChI is InChI=1S/C26H50NO8P/c1-6-8-10-11-12-13-14-15-16-17-19-26(29)35-24(22-32-25(28)18-9-7-2)23-34-36(30,31)33-21-20-27(3,4)5/h10-11,24H,6-9,12-23H2,1-5H3/p+1/b11-10-. The van der Waals surface area contributed by atoms with Crippen LogP contribution in [0.5, 0.6) is 0 Å². The van der Waals surface area contributed by atoms with Crippen LogP contribution in [0.4, 0.5) is 0 Å². The third-order valence-corrected chi connectivity index (χ3v) is 6.26. The number of hydrogen-bond acceptors (Lipinski definition) is 7. The van der Waals surface area contributed by atoms with Gasteiger partial charge in [0.05, 0.1) is 27.7 Å². The molecule has 0 bridgehead atoms. The number of rotatable bonds is 23. The maximum Gasteiger partial charge on any atom is 0.472 e. The molecule has 212 valence electrons. The van der Waals surface area contributed by atoms with Crippen LogP contribution in [-0.2, 0) is 32.7 Å². The number of carbonyl (C=O) groups excluding carboxylic acids is 2. The van der Waals surface area contributed by atoms with Gasteiger partial charge >= 0.3 is 19.8 Å². The van der Waals surface area contributed by atoms with E-state index in [4.69, 9.17) is 18.5 Å². The van der Waals surface area contributed by atoms with Gasteiger partial charge in [-0.15, -0.1) is 0 Å². The quantitative estimate of drug-likeness (QED) is 0.0595. The van der Waals surface area contributed by atoms with Crippen LogP contribution in [0.15, 0.2) is 12.2 Å². The van der Waals surface area contributed by atoms with E-state index in [1.807, 2.05) is 28.1 Å². The van der Waals surface area contributed by atoms with Crippen LogP contribution in [0.2, 0.25) is 0 Å². The first-order chi connectivity index (χ1) is 17.0. The Morgan fingerprint density at radius 2 is 1.47 bits per heavy atom. The molecule has 0 amide bonds. The van der Waals surface area contributed by atoms with E-state index in [1.54, 1.807) is 0 Å². The van der Waals surface area contributed by atoms with Gasteiger partial charge in [0.2, 0.25) is 0 Å². The van der Waals surface area contributed by atoms with Crippen LogP contribution in [0, 0.1) is 0 Å². The second-order valence-corrected chi connectivity index (χ2v) is 11.5. The summed E-state index contributed by atoms with van der Waals surface area (Å²) in [5, 5.41) is 0. The number of allylic oxidation sites excluding steroid dienone is 2. The number of ether oxygens (including phenoxy) is 2. The molecule has 0 saturated heterocycles. The summed E-state index contributed by atoms with van der Waals surface area (Å²) >= 11 is 0. The zero-order chi connectivity index (χ0) is 27.3. The van der Waals surface area contributed by atoms with Crippen molar-refractivity contribution in [3.05, 3.63) is 12.2 Å². The molecule has 0 saturated carbocycles. The number of phosphoric ester groups is 1. The minimum atomic E-state index is -4.33. The van der Waals surface area contributed by atoms with E-state index in [2.05, 4.69) is 19.1 Å². The molecule has 0 spiro atoms. The Balaban J connectivity index is 4.48. The fraction of sp³-hybridized carbons (Fsp3) is 0.846. The van der Waals surface area contributed by atoms with Crippen molar-refractivity contribution in [1.29, 1.82) is 0 Å².